The number of benzene rings is 1. The highest BCUT2D eigenvalue weighted by atomic mass is 16.5. The molecule has 1 spiro atoms. The second-order valence-electron chi connectivity index (χ2n) is 9.88. The van der Waals surface area contributed by atoms with E-state index in [9.17, 15) is 5.11 Å². The summed E-state index contributed by atoms with van der Waals surface area (Å²) in [6, 6.07) is 9.16. The number of fused-ring (bicyclic) bond motifs is 1. The maximum Gasteiger partial charge on any atom is 0.0859 e. The van der Waals surface area contributed by atoms with Crippen molar-refractivity contribution in [3.05, 3.63) is 29.8 Å². The van der Waals surface area contributed by atoms with Crippen LogP contribution >= 0.6 is 0 Å². The van der Waals surface area contributed by atoms with Crippen LogP contribution in [0.4, 0.5) is 5.69 Å². The molecular weight excluding hydrogens is 322 g/mol. The zero-order valence-corrected chi connectivity index (χ0v) is 16.3. The molecule has 142 valence electrons. The smallest absolute Gasteiger partial charge is 0.0859 e. The summed E-state index contributed by atoms with van der Waals surface area (Å²) in [6.07, 6.45) is 7.41. The lowest BCUT2D eigenvalue weighted by molar-refractivity contribution is -0.164. The number of piperidine rings is 1. The third kappa shape index (κ3) is 2.32. The van der Waals surface area contributed by atoms with Gasteiger partial charge in [0.25, 0.3) is 0 Å². The first kappa shape index (κ1) is 17.1. The predicted molar refractivity (Wildman–Crippen MR) is 104 cm³/mol. The van der Waals surface area contributed by atoms with E-state index >= 15 is 0 Å². The van der Waals surface area contributed by atoms with Crippen LogP contribution in [0.5, 0.6) is 0 Å². The molecule has 0 amide bonds. The van der Waals surface area contributed by atoms with Crippen molar-refractivity contribution in [2.75, 3.05) is 24.6 Å². The highest BCUT2D eigenvalue weighted by molar-refractivity contribution is 5.48. The molecule has 2 heterocycles. The Balaban J connectivity index is 1.39. The van der Waals surface area contributed by atoms with E-state index in [2.05, 4.69) is 43.0 Å². The van der Waals surface area contributed by atoms with E-state index in [0.717, 1.165) is 13.0 Å². The zero-order chi connectivity index (χ0) is 17.9. The SMILES string of the molecule is CC1(C)[C@@H]2C[C@@H]3[C@@H](c4ccc(N5CCCCC5)cc4)OCC[C@@]3(C2)[C@@H]1O. The fourth-order valence-electron chi connectivity index (χ4n) is 6.78. The van der Waals surface area contributed by atoms with Gasteiger partial charge in [-0.3, -0.25) is 0 Å². The average Bonchev–Trinajstić information content (AvgIpc) is 3.16. The Labute approximate surface area is 157 Å². The molecule has 2 aliphatic carbocycles. The highest BCUT2D eigenvalue weighted by Gasteiger charge is 2.67. The van der Waals surface area contributed by atoms with Crippen LogP contribution in [-0.4, -0.2) is 30.9 Å². The zero-order valence-electron chi connectivity index (χ0n) is 16.3. The normalized spacial score (nSPS) is 41.3. The Kier molecular flexibility index (Phi) is 3.92. The molecule has 0 aromatic heterocycles. The standard InChI is InChI=1S/C23H33NO2/c1-22(2)17-14-19-20(26-13-10-23(19,15-17)21(22)25)16-6-8-18(9-7-16)24-11-4-3-5-12-24/h6-9,17,19-21,25H,3-5,10-15H2,1-2H3/t17-,19-,20-,21-,23+/m1/s1. The van der Waals surface area contributed by atoms with Crippen molar-refractivity contribution in [3.63, 3.8) is 0 Å². The first-order valence-corrected chi connectivity index (χ1v) is 10.7. The van der Waals surface area contributed by atoms with E-state index in [4.69, 9.17) is 4.74 Å². The molecule has 1 aromatic carbocycles. The van der Waals surface area contributed by atoms with Crippen molar-refractivity contribution in [2.24, 2.45) is 22.7 Å². The van der Waals surface area contributed by atoms with Gasteiger partial charge in [-0.25, -0.2) is 0 Å². The van der Waals surface area contributed by atoms with Crippen LogP contribution < -0.4 is 4.90 Å². The van der Waals surface area contributed by atoms with Gasteiger partial charge in [-0.05, 0) is 73.5 Å². The van der Waals surface area contributed by atoms with Gasteiger partial charge < -0.3 is 14.7 Å². The minimum absolute atomic E-state index is 0.0660. The van der Waals surface area contributed by atoms with Crippen molar-refractivity contribution < 1.29 is 9.84 Å². The van der Waals surface area contributed by atoms with Crippen molar-refractivity contribution in [1.29, 1.82) is 0 Å². The van der Waals surface area contributed by atoms with Crippen LogP contribution in [0.1, 0.15) is 64.0 Å². The molecule has 2 saturated carbocycles. The lowest BCUT2D eigenvalue weighted by atomic mass is 9.60. The number of ether oxygens (including phenoxy) is 1. The Morgan fingerprint density at radius 1 is 1.08 bits per heavy atom. The maximum absolute atomic E-state index is 11.1. The quantitative estimate of drug-likeness (QED) is 0.845. The molecule has 1 aromatic rings. The second kappa shape index (κ2) is 5.97. The van der Waals surface area contributed by atoms with E-state index in [0.29, 0.717) is 11.8 Å². The van der Waals surface area contributed by atoms with Crippen molar-refractivity contribution in [1.82, 2.24) is 0 Å². The number of aliphatic hydroxyl groups excluding tert-OH is 1. The number of aliphatic hydroxyl groups is 1. The monoisotopic (exact) mass is 355 g/mol. The molecule has 3 heteroatoms. The Bertz CT molecular complexity index is 663. The van der Waals surface area contributed by atoms with E-state index in [-0.39, 0.29) is 23.0 Å². The fourth-order valence-corrected chi connectivity index (χ4v) is 6.78. The van der Waals surface area contributed by atoms with Gasteiger partial charge in [0.15, 0.2) is 0 Å². The van der Waals surface area contributed by atoms with Crippen molar-refractivity contribution in [3.8, 4) is 0 Å². The lowest BCUT2D eigenvalue weighted by Gasteiger charge is -2.51. The summed E-state index contributed by atoms with van der Waals surface area (Å²) in [4.78, 5) is 2.51. The number of hydrogen-bond acceptors (Lipinski definition) is 3. The first-order chi connectivity index (χ1) is 12.5. The fraction of sp³-hybridized carbons (Fsp3) is 0.739. The summed E-state index contributed by atoms with van der Waals surface area (Å²) in [5.41, 5.74) is 2.82. The maximum atomic E-state index is 11.1. The van der Waals surface area contributed by atoms with Gasteiger partial charge in [-0.15, -0.1) is 0 Å². The number of anilines is 1. The molecule has 4 fully saturated rings. The third-order valence-electron chi connectivity index (χ3n) is 8.38. The summed E-state index contributed by atoms with van der Waals surface area (Å²) in [5, 5.41) is 11.1. The summed E-state index contributed by atoms with van der Waals surface area (Å²) in [7, 11) is 0. The molecule has 3 nitrogen and oxygen atoms in total. The molecule has 2 aliphatic heterocycles. The summed E-state index contributed by atoms with van der Waals surface area (Å²) >= 11 is 0. The van der Waals surface area contributed by atoms with Gasteiger partial charge >= 0.3 is 0 Å². The summed E-state index contributed by atoms with van der Waals surface area (Å²) < 4.78 is 6.30. The van der Waals surface area contributed by atoms with Gasteiger partial charge in [-0.1, -0.05) is 26.0 Å². The van der Waals surface area contributed by atoms with Crippen LogP contribution in [0.2, 0.25) is 0 Å². The van der Waals surface area contributed by atoms with E-state index in [1.807, 2.05) is 0 Å². The van der Waals surface area contributed by atoms with Crippen LogP contribution in [-0.2, 0) is 4.74 Å². The number of rotatable bonds is 2. The predicted octanol–water partition coefficient (Wildman–Crippen LogP) is 4.55. The molecule has 5 rings (SSSR count). The second-order valence-corrected chi connectivity index (χ2v) is 9.88. The van der Waals surface area contributed by atoms with Crippen LogP contribution in [0.3, 0.4) is 0 Å². The minimum Gasteiger partial charge on any atom is -0.392 e. The van der Waals surface area contributed by atoms with Gasteiger partial charge in [0.2, 0.25) is 0 Å². The molecule has 2 saturated heterocycles. The molecule has 0 unspecified atom stereocenters. The van der Waals surface area contributed by atoms with E-state index in [1.54, 1.807) is 0 Å². The van der Waals surface area contributed by atoms with Gasteiger partial charge in [0.05, 0.1) is 12.2 Å². The molecule has 0 radical (unpaired) electrons. The van der Waals surface area contributed by atoms with Gasteiger partial charge in [0.1, 0.15) is 0 Å². The Morgan fingerprint density at radius 3 is 2.50 bits per heavy atom. The van der Waals surface area contributed by atoms with Crippen LogP contribution in [0.15, 0.2) is 24.3 Å². The number of hydrogen-bond donors (Lipinski definition) is 1. The lowest BCUT2D eigenvalue weighted by Crippen LogP contribution is -2.51. The van der Waals surface area contributed by atoms with Crippen molar-refractivity contribution >= 4 is 5.69 Å². The first-order valence-electron chi connectivity index (χ1n) is 10.7. The Hall–Kier alpha value is -1.06. The van der Waals surface area contributed by atoms with E-state index in [1.165, 1.54) is 56.4 Å². The Morgan fingerprint density at radius 2 is 1.81 bits per heavy atom. The highest BCUT2D eigenvalue weighted by Crippen LogP contribution is 2.70. The molecular formula is C23H33NO2. The third-order valence-corrected chi connectivity index (χ3v) is 8.38. The van der Waals surface area contributed by atoms with Crippen LogP contribution in [0.25, 0.3) is 0 Å². The molecule has 4 aliphatic rings. The topological polar surface area (TPSA) is 32.7 Å². The van der Waals surface area contributed by atoms with Gasteiger partial charge in [-0.2, -0.15) is 0 Å². The minimum atomic E-state index is -0.183. The summed E-state index contributed by atoms with van der Waals surface area (Å²) in [6.45, 7) is 7.70. The molecule has 1 N–H and O–H groups in total. The van der Waals surface area contributed by atoms with Crippen molar-refractivity contribution in [2.45, 2.75) is 64.6 Å². The summed E-state index contributed by atoms with van der Waals surface area (Å²) in [5.74, 6) is 1.12. The largest absolute Gasteiger partial charge is 0.392 e. The molecule has 2 bridgehead atoms. The average molecular weight is 356 g/mol. The van der Waals surface area contributed by atoms with E-state index < -0.39 is 0 Å². The molecule has 5 atom stereocenters. The van der Waals surface area contributed by atoms with Gasteiger partial charge in [0, 0.05) is 30.8 Å². The number of nitrogens with zero attached hydrogens (tertiary/aromatic N) is 1. The van der Waals surface area contributed by atoms with Crippen LogP contribution in [0, 0.1) is 22.7 Å². The molecule has 26 heavy (non-hydrogen) atoms.